The molecule has 2 nitrogen and oxygen atoms in total. The third kappa shape index (κ3) is 3.77. The van der Waals surface area contributed by atoms with Crippen LogP contribution in [0, 0.1) is 11.6 Å². The lowest BCUT2D eigenvalue weighted by molar-refractivity contribution is 0.504. The molecule has 0 amide bonds. The molecule has 3 N–H and O–H groups in total. The molecule has 84 valence electrons. The summed E-state index contributed by atoms with van der Waals surface area (Å²) in [5.41, 5.74) is 3.39. The fourth-order valence-electron chi connectivity index (χ4n) is 1.32. The zero-order valence-corrected chi connectivity index (χ0v) is 9.28. The minimum atomic E-state index is -0.819. The minimum absolute atomic E-state index is 0.0739. The van der Waals surface area contributed by atoms with Crippen molar-refractivity contribution in [2.75, 3.05) is 12.0 Å². The number of nitrogens with one attached hydrogen (secondary N) is 1. The second-order valence-electron chi connectivity index (χ2n) is 3.27. The molecule has 0 fully saturated rings. The van der Waals surface area contributed by atoms with E-state index in [-0.39, 0.29) is 6.04 Å². The molecule has 5 heteroatoms. The first kappa shape index (κ1) is 12.4. The normalized spacial score (nSPS) is 12.8. The van der Waals surface area contributed by atoms with E-state index in [1.807, 2.05) is 6.26 Å². The van der Waals surface area contributed by atoms with Crippen molar-refractivity contribution in [3.8, 4) is 0 Å². The molecule has 1 atom stereocenters. The quantitative estimate of drug-likeness (QED) is 0.599. The molecular formula is C10H14F2N2S. The standard InChI is InChI=1S/C10H14F2N2S/c1-15-6-8(14-13)4-7-2-3-9(11)10(12)5-7/h2-3,5,8,14H,4,6,13H2,1H3. The Morgan fingerprint density at radius 3 is 2.67 bits per heavy atom. The highest BCUT2D eigenvalue weighted by Crippen LogP contribution is 2.11. The summed E-state index contributed by atoms with van der Waals surface area (Å²) in [5, 5.41) is 0. The lowest BCUT2D eigenvalue weighted by Gasteiger charge is -2.14. The molecule has 0 radical (unpaired) electrons. The van der Waals surface area contributed by atoms with E-state index in [4.69, 9.17) is 5.84 Å². The van der Waals surface area contributed by atoms with Crippen LogP contribution in [-0.4, -0.2) is 18.1 Å². The Balaban J connectivity index is 2.66. The van der Waals surface area contributed by atoms with Crippen LogP contribution in [0.5, 0.6) is 0 Å². The van der Waals surface area contributed by atoms with Gasteiger partial charge in [-0.3, -0.25) is 11.3 Å². The Labute approximate surface area is 92.2 Å². The molecule has 1 unspecified atom stereocenters. The maximum atomic E-state index is 12.9. The molecule has 1 rings (SSSR count). The molecule has 1 aromatic rings. The maximum absolute atomic E-state index is 12.9. The first-order valence-electron chi connectivity index (χ1n) is 4.56. The summed E-state index contributed by atoms with van der Waals surface area (Å²) in [6.07, 6.45) is 2.56. The Hall–Kier alpha value is -0.650. The molecule has 15 heavy (non-hydrogen) atoms. The van der Waals surface area contributed by atoms with Crippen LogP contribution in [0.1, 0.15) is 5.56 Å². The van der Waals surface area contributed by atoms with E-state index in [1.165, 1.54) is 6.07 Å². The molecule has 0 aliphatic heterocycles. The molecule has 0 aromatic heterocycles. The Morgan fingerprint density at radius 2 is 2.13 bits per heavy atom. The van der Waals surface area contributed by atoms with E-state index in [0.717, 1.165) is 17.4 Å². The molecule has 1 aromatic carbocycles. The second kappa shape index (κ2) is 6.05. The molecule has 0 saturated carbocycles. The highest BCUT2D eigenvalue weighted by Gasteiger charge is 2.09. The van der Waals surface area contributed by atoms with Gasteiger partial charge in [-0.2, -0.15) is 11.8 Å². The summed E-state index contributed by atoms with van der Waals surface area (Å²) < 4.78 is 25.5. The van der Waals surface area contributed by atoms with Gasteiger partial charge in [0.2, 0.25) is 0 Å². The average molecular weight is 232 g/mol. The minimum Gasteiger partial charge on any atom is -0.271 e. The summed E-state index contributed by atoms with van der Waals surface area (Å²) in [6, 6.07) is 3.99. The fraction of sp³-hybridized carbons (Fsp3) is 0.400. The molecule has 0 aliphatic carbocycles. The fourth-order valence-corrected chi connectivity index (χ4v) is 1.93. The number of hydrazine groups is 1. The van der Waals surface area contributed by atoms with Crippen LogP contribution < -0.4 is 11.3 Å². The molecule has 0 heterocycles. The van der Waals surface area contributed by atoms with Crippen LogP contribution in [0.4, 0.5) is 8.78 Å². The number of rotatable bonds is 5. The maximum Gasteiger partial charge on any atom is 0.159 e. The number of hydrogen-bond donors (Lipinski definition) is 2. The van der Waals surface area contributed by atoms with Crippen molar-refractivity contribution < 1.29 is 8.78 Å². The van der Waals surface area contributed by atoms with Crippen molar-refractivity contribution in [1.29, 1.82) is 0 Å². The van der Waals surface area contributed by atoms with Gasteiger partial charge in [-0.15, -0.1) is 0 Å². The first-order chi connectivity index (χ1) is 7.17. The molecule has 0 bridgehead atoms. The Morgan fingerprint density at radius 1 is 1.40 bits per heavy atom. The van der Waals surface area contributed by atoms with Crippen LogP contribution in [0.3, 0.4) is 0 Å². The summed E-state index contributed by atoms with van der Waals surface area (Å²) in [7, 11) is 0. The zero-order chi connectivity index (χ0) is 11.3. The van der Waals surface area contributed by atoms with E-state index in [9.17, 15) is 8.78 Å². The third-order valence-corrected chi connectivity index (χ3v) is 2.81. The first-order valence-corrected chi connectivity index (χ1v) is 5.95. The van der Waals surface area contributed by atoms with Gasteiger partial charge in [-0.25, -0.2) is 8.78 Å². The topological polar surface area (TPSA) is 38.0 Å². The van der Waals surface area contributed by atoms with Crippen molar-refractivity contribution >= 4 is 11.8 Å². The Bertz CT molecular complexity index is 320. The van der Waals surface area contributed by atoms with E-state index >= 15 is 0 Å². The summed E-state index contributed by atoms with van der Waals surface area (Å²) in [6.45, 7) is 0. The van der Waals surface area contributed by atoms with E-state index in [2.05, 4.69) is 5.43 Å². The highest BCUT2D eigenvalue weighted by atomic mass is 32.2. The summed E-state index contributed by atoms with van der Waals surface area (Å²) in [4.78, 5) is 0. The van der Waals surface area contributed by atoms with Crippen LogP contribution in [-0.2, 0) is 6.42 Å². The van der Waals surface area contributed by atoms with Crippen molar-refractivity contribution in [2.45, 2.75) is 12.5 Å². The van der Waals surface area contributed by atoms with Crippen molar-refractivity contribution in [3.05, 3.63) is 35.4 Å². The monoisotopic (exact) mass is 232 g/mol. The molecule has 0 saturated heterocycles. The lowest BCUT2D eigenvalue weighted by Crippen LogP contribution is -2.38. The van der Waals surface area contributed by atoms with Gasteiger partial charge in [0.1, 0.15) is 0 Å². The van der Waals surface area contributed by atoms with Gasteiger partial charge >= 0.3 is 0 Å². The average Bonchev–Trinajstić information content (AvgIpc) is 2.23. The van der Waals surface area contributed by atoms with Crippen LogP contribution in [0.2, 0.25) is 0 Å². The van der Waals surface area contributed by atoms with E-state index in [0.29, 0.717) is 6.42 Å². The summed E-state index contributed by atoms with van der Waals surface area (Å²) >= 11 is 1.65. The molecular weight excluding hydrogens is 218 g/mol. The second-order valence-corrected chi connectivity index (χ2v) is 4.18. The SMILES string of the molecule is CSCC(Cc1ccc(F)c(F)c1)NN. The number of hydrogen-bond acceptors (Lipinski definition) is 3. The van der Waals surface area contributed by atoms with E-state index < -0.39 is 11.6 Å². The van der Waals surface area contributed by atoms with Gasteiger partial charge in [0.25, 0.3) is 0 Å². The van der Waals surface area contributed by atoms with Crippen molar-refractivity contribution in [1.82, 2.24) is 5.43 Å². The van der Waals surface area contributed by atoms with Gasteiger partial charge in [-0.05, 0) is 30.4 Å². The van der Waals surface area contributed by atoms with Gasteiger partial charge in [-0.1, -0.05) is 6.07 Å². The largest absolute Gasteiger partial charge is 0.271 e. The van der Waals surface area contributed by atoms with Crippen LogP contribution in [0.15, 0.2) is 18.2 Å². The van der Waals surface area contributed by atoms with Crippen LogP contribution in [0.25, 0.3) is 0 Å². The third-order valence-electron chi connectivity index (χ3n) is 2.07. The lowest BCUT2D eigenvalue weighted by atomic mass is 10.1. The predicted molar refractivity (Wildman–Crippen MR) is 59.6 cm³/mol. The van der Waals surface area contributed by atoms with Gasteiger partial charge < -0.3 is 0 Å². The van der Waals surface area contributed by atoms with Gasteiger partial charge in [0, 0.05) is 11.8 Å². The van der Waals surface area contributed by atoms with Crippen LogP contribution >= 0.6 is 11.8 Å². The van der Waals surface area contributed by atoms with Crippen molar-refractivity contribution in [2.24, 2.45) is 5.84 Å². The van der Waals surface area contributed by atoms with E-state index in [1.54, 1.807) is 17.8 Å². The number of thioether (sulfide) groups is 1. The molecule has 0 aliphatic rings. The Kier molecular flexibility index (Phi) is 5.01. The highest BCUT2D eigenvalue weighted by molar-refractivity contribution is 7.98. The number of nitrogens with two attached hydrogens (primary N) is 1. The van der Waals surface area contributed by atoms with Gasteiger partial charge in [0.05, 0.1) is 0 Å². The van der Waals surface area contributed by atoms with Gasteiger partial charge in [0.15, 0.2) is 11.6 Å². The summed E-state index contributed by atoms with van der Waals surface area (Å²) in [5.74, 6) is 4.54. The predicted octanol–water partition coefficient (Wildman–Crippen LogP) is 1.70. The number of benzene rings is 1. The number of halogens is 2. The zero-order valence-electron chi connectivity index (χ0n) is 8.47. The molecule has 0 spiro atoms. The smallest absolute Gasteiger partial charge is 0.159 e. The van der Waals surface area contributed by atoms with Crippen molar-refractivity contribution in [3.63, 3.8) is 0 Å².